The molecule has 0 fully saturated rings. The topological polar surface area (TPSA) is 22.1 Å². The van der Waals surface area contributed by atoms with Gasteiger partial charge in [-0.1, -0.05) is 0 Å². The van der Waals surface area contributed by atoms with E-state index in [-0.39, 0.29) is 11.4 Å². The molecule has 2 nitrogen and oxygen atoms in total. The lowest BCUT2D eigenvalue weighted by molar-refractivity contribution is -0.143. The molecule has 0 saturated carbocycles. The minimum Gasteiger partial charge on any atom is -0.481 e. The van der Waals surface area contributed by atoms with E-state index in [0.29, 0.717) is 0 Å². The van der Waals surface area contributed by atoms with Crippen LogP contribution in [0.3, 0.4) is 0 Å². The lowest BCUT2D eigenvalue weighted by atomic mass is 10.1. The van der Waals surface area contributed by atoms with Crippen LogP contribution in [0.2, 0.25) is 0 Å². The summed E-state index contributed by atoms with van der Waals surface area (Å²) in [4.78, 5) is 3.02. The number of rotatable bonds is 2. The molecule has 0 aliphatic rings. The summed E-state index contributed by atoms with van der Waals surface area (Å²) in [5.74, 6) is -0.339. The van der Waals surface area contributed by atoms with Gasteiger partial charge in [0.25, 0.3) is 6.43 Å². The van der Waals surface area contributed by atoms with Gasteiger partial charge in [0.05, 0.1) is 12.7 Å². The highest BCUT2D eigenvalue weighted by Crippen LogP contribution is 2.37. The Bertz CT molecular complexity index is 388. The fraction of sp³-hybridized carbons (Fsp3) is 0.444. The third-order valence-corrected chi connectivity index (χ3v) is 1.94. The van der Waals surface area contributed by atoms with Crippen molar-refractivity contribution >= 4 is 0 Å². The van der Waals surface area contributed by atoms with Gasteiger partial charge in [0.2, 0.25) is 5.88 Å². The molecule has 1 heterocycles. The largest absolute Gasteiger partial charge is 0.481 e. The smallest absolute Gasteiger partial charge is 0.433 e. The van der Waals surface area contributed by atoms with Crippen molar-refractivity contribution in [3.8, 4) is 5.88 Å². The van der Waals surface area contributed by atoms with Gasteiger partial charge in [-0.3, -0.25) is 0 Å². The van der Waals surface area contributed by atoms with E-state index in [1.165, 1.54) is 0 Å². The predicted octanol–water partition coefficient (Wildman–Crippen LogP) is 3.36. The molecule has 0 aliphatic heterocycles. The molecule has 1 aromatic rings. The lowest BCUT2D eigenvalue weighted by Crippen LogP contribution is -2.14. The van der Waals surface area contributed by atoms with Crippen LogP contribution in [0, 0.1) is 6.92 Å². The van der Waals surface area contributed by atoms with Crippen molar-refractivity contribution in [2.45, 2.75) is 19.5 Å². The SMILES string of the molecule is COc1cc(C)c(C(F)F)c(C(F)(F)F)n1. The van der Waals surface area contributed by atoms with Crippen molar-refractivity contribution in [1.29, 1.82) is 0 Å². The average molecular weight is 241 g/mol. The molecule has 0 atom stereocenters. The van der Waals surface area contributed by atoms with Crippen LogP contribution < -0.4 is 4.74 Å². The van der Waals surface area contributed by atoms with E-state index in [0.717, 1.165) is 20.1 Å². The molecular formula is C9H8F5NO. The molecule has 0 aliphatic carbocycles. The number of alkyl halides is 5. The highest BCUT2D eigenvalue weighted by atomic mass is 19.4. The third-order valence-electron chi connectivity index (χ3n) is 1.94. The molecule has 1 aromatic heterocycles. The number of aromatic nitrogens is 1. The Kier molecular flexibility index (Phi) is 3.35. The zero-order valence-electron chi connectivity index (χ0n) is 8.40. The van der Waals surface area contributed by atoms with Crippen LogP contribution in [0.5, 0.6) is 5.88 Å². The number of nitrogens with zero attached hydrogens (tertiary/aromatic N) is 1. The van der Waals surface area contributed by atoms with Crippen LogP contribution in [0.15, 0.2) is 6.07 Å². The van der Waals surface area contributed by atoms with Crippen molar-refractivity contribution < 1.29 is 26.7 Å². The number of methoxy groups -OCH3 is 1. The van der Waals surface area contributed by atoms with Crippen molar-refractivity contribution in [2.75, 3.05) is 7.11 Å². The molecule has 0 N–H and O–H groups in total. The minimum atomic E-state index is -4.93. The molecule has 0 bridgehead atoms. The summed E-state index contributed by atoms with van der Waals surface area (Å²) >= 11 is 0. The van der Waals surface area contributed by atoms with Gasteiger partial charge in [0.1, 0.15) is 0 Å². The summed E-state index contributed by atoms with van der Waals surface area (Å²) in [5, 5.41) is 0. The van der Waals surface area contributed by atoms with E-state index in [1.807, 2.05) is 0 Å². The van der Waals surface area contributed by atoms with Gasteiger partial charge in [-0.2, -0.15) is 13.2 Å². The minimum absolute atomic E-state index is 0.200. The molecule has 7 heteroatoms. The van der Waals surface area contributed by atoms with Crippen LogP contribution in [0.25, 0.3) is 0 Å². The molecule has 90 valence electrons. The van der Waals surface area contributed by atoms with E-state index >= 15 is 0 Å². The summed E-state index contributed by atoms with van der Waals surface area (Å²) in [6, 6.07) is 1.04. The maximum absolute atomic E-state index is 12.5. The highest BCUT2D eigenvalue weighted by molar-refractivity contribution is 5.36. The summed E-state index contributed by atoms with van der Waals surface area (Å²) < 4.78 is 66.8. The lowest BCUT2D eigenvalue weighted by Gasteiger charge is -2.14. The second kappa shape index (κ2) is 4.23. The Morgan fingerprint density at radius 3 is 2.25 bits per heavy atom. The first-order valence-electron chi connectivity index (χ1n) is 4.18. The molecular weight excluding hydrogens is 233 g/mol. The van der Waals surface area contributed by atoms with Gasteiger partial charge < -0.3 is 4.74 Å². The maximum Gasteiger partial charge on any atom is 0.433 e. The number of aryl methyl sites for hydroxylation is 1. The van der Waals surface area contributed by atoms with Crippen molar-refractivity contribution in [2.24, 2.45) is 0 Å². The quantitative estimate of drug-likeness (QED) is 0.740. The van der Waals surface area contributed by atoms with Crippen molar-refractivity contribution in [3.05, 3.63) is 22.9 Å². The van der Waals surface area contributed by atoms with Gasteiger partial charge in [-0.05, 0) is 12.5 Å². The van der Waals surface area contributed by atoms with Gasteiger partial charge in [0.15, 0.2) is 5.69 Å². The van der Waals surface area contributed by atoms with E-state index in [9.17, 15) is 22.0 Å². The summed E-state index contributed by atoms with van der Waals surface area (Å²) in [6.45, 7) is 1.15. The average Bonchev–Trinajstić information content (AvgIpc) is 2.14. The number of hydrogen-bond donors (Lipinski definition) is 0. The Morgan fingerprint density at radius 1 is 1.31 bits per heavy atom. The van der Waals surface area contributed by atoms with E-state index in [2.05, 4.69) is 9.72 Å². The molecule has 0 saturated heterocycles. The normalized spacial score (nSPS) is 12.0. The highest BCUT2D eigenvalue weighted by Gasteiger charge is 2.39. The summed E-state index contributed by atoms with van der Waals surface area (Å²) in [5.41, 5.74) is -2.90. The molecule has 0 spiro atoms. The second-order valence-electron chi connectivity index (χ2n) is 3.04. The van der Waals surface area contributed by atoms with Crippen LogP contribution >= 0.6 is 0 Å². The Morgan fingerprint density at radius 2 is 1.88 bits per heavy atom. The Hall–Kier alpha value is -1.40. The fourth-order valence-electron chi connectivity index (χ4n) is 1.25. The standard InChI is InChI=1S/C9H8F5NO/c1-4-3-5(16-2)15-7(9(12,13)14)6(4)8(10)11/h3,8H,1-2H3. The fourth-order valence-corrected chi connectivity index (χ4v) is 1.25. The zero-order chi connectivity index (χ0) is 12.5. The maximum atomic E-state index is 12.5. The predicted molar refractivity (Wildman–Crippen MR) is 45.5 cm³/mol. The van der Waals surface area contributed by atoms with Gasteiger partial charge >= 0.3 is 6.18 Å². The monoisotopic (exact) mass is 241 g/mol. The number of ether oxygens (including phenoxy) is 1. The third kappa shape index (κ3) is 2.40. The number of hydrogen-bond acceptors (Lipinski definition) is 2. The van der Waals surface area contributed by atoms with E-state index < -0.39 is 23.9 Å². The molecule has 0 radical (unpaired) electrons. The van der Waals surface area contributed by atoms with Crippen LogP contribution in [0.1, 0.15) is 23.2 Å². The molecule has 0 unspecified atom stereocenters. The van der Waals surface area contributed by atoms with Crippen molar-refractivity contribution in [1.82, 2.24) is 4.98 Å². The van der Waals surface area contributed by atoms with E-state index in [1.54, 1.807) is 0 Å². The molecule has 0 amide bonds. The van der Waals surface area contributed by atoms with Crippen molar-refractivity contribution in [3.63, 3.8) is 0 Å². The first-order chi connectivity index (χ1) is 7.27. The second-order valence-corrected chi connectivity index (χ2v) is 3.04. The summed E-state index contributed by atoms with van der Waals surface area (Å²) in [6.07, 6.45) is -8.15. The first kappa shape index (κ1) is 12.7. The van der Waals surface area contributed by atoms with E-state index in [4.69, 9.17) is 0 Å². The van der Waals surface area contributed by atoms with Gasteiger partial charge in [-0.25, -0.2) is 13.8 Å². The van der Waals surface area contributed by atoms with Crippen LogP contribution in [-0.2, 0) is 6.18 Å². The van der Waals surface area contributed by atoms with Crippen LogP contribution in [0.4, 0.5) is 22.0 Å². The molecule has 16 heavy (non-hydrogen) atoms. The van der Waals surface area contributed by atoms with Gasteiger partial charge in [0, 0.05) is 6.07 Å². The molecule has 0 aromatic carbocycles. The number of pyridine rings is 1. The Balaban J connectivity index is 3.47. The number of halogens is 5. The van der Waals surface area contributed by atoms with Crippen LogP contribution in [-0.4, -0.2) is 12.1 Å². The molecule has 1 rings (SSSR count). The van der Waals surface area contributed by atoms with Gasteiger partial charge in [-0.15, -0.1) is 0 Å². The Labute approximate surface area is 88.1 Å². The first-order valence-corrected chi connectivity index (χ1v) is 4.18. The summed E-state index contributed by atoms with van der Waals surface area (Å²) in [7, 11) is 1.12. The zero-order valence-corrected chi connectivity index (χ0v) is 8.40.